The van der Waals surface area contributed by atoms with Crippen LogP contribution < -0.4 is 14.8 Å². The van der Waals surface area contributed by atoms with Crippen molar-refractivity contribution in [2.75, 3.05) is 12.4 Å². The monoisotopic (exact) mass is 476 g/mol. The molecule has 5 nitrogen and oxygen atoms in total. The first-order valence-corrected chi connectivity index (χ1v) is 11.4. The highest BCUT2D eigenvalue weighted by Gasteiger charge is 2.08. The lowest BCUT2D eigenvalue weighted by Gasteiger charge is -2.11. The molecule has 1 heterocycles. The normalized spacial score (nSPS) is 10.8. The maximum atomic E-state index is 12.3. The van der Waals surface area contributed by atoms with E-state index in [0.717, 1.165) is 22.4 Å². The molecule has 0 fully saturated rings. The third-order valence-electron chi connectivity index (χ3n) is 4.73. The van der Waals surface area contributed by atoms with Gasteiger partial charge >= 0.3 is 0 Å². The summed E-state index contributed by atoms with van der Waals surface area (Å²) in [6.45, 7) is 0.393. The second kappa shape index (κ2) is 10.8. The SMILES string of the molecule is COc1cc(/C=C/C(=O)Nc2nc(-c3ccccc3)cs2)ccc1OCc1ccc(Cl)cc1. The topological polar surface area (TPSA) is 60.5 Å². The molecule has 4 aromatic rings. The van der Waals surface area contributed by atoms with E-state index in [1.54, 1.807) is 13.2 Å². The van der Waals surface area contributed by atoms with Crippen LogP contribution in [-0.4, -0.2) is 18.0 Å². The fourth-order valence-corrected chi connectivity index (χ4v) is 3.89. The molecule has 0 saturated carbocycles. The second-order valence-electron chi connectivity index (χ2n) is 7.05. The lowest BCUT2D eigenvalue weighted by molar-refractivity contribution is -0.111. The van der Waals surface area contributed by atoms with E-state index in [2.05, 4.69) is 10.3 Å². The lowest BCUT2D eigenvalue weighted by atomic mass is 10.2. The molecule has 0 aliphatic rings. The van der Waals surface area contributed by atoms with Gasteiger partial charge in [-0.25, -0.2) is 4.98 Å². The second-order valence-corrected chi connectivity index (χ2v) is 8.35. The fraction of sp³-hybridized carbons (Fsp3) is 0.0769. The summed E-state index contributed by atoms with van der Waals surface area (Å²) in [7, 11) is 1.58. The molecule has 4 rings (SSSR count). The molecule has 7 heteroatoms. The number of hydrogen-bond donors (Lipinski definition) is 1. The minimum absolute atomic E-state index is 0.258. The van der Waals surface area contributed by atoms with Gasteiger partial charge in [0.15, 0.2) is 16.6 Å². The van der Waals surface area contributed by atoms with Crippen LogP contribution in [0.5, 0.6) is 11.5 Å². The van der Waals surface area contributed by atoms with Crippen molar-refractivity contribution in [3.63, 3.8) is 0 Å². The molecule has 3 aromatic carbocycles. The Bertz CT molecular complexity index is 1250. The minimum atomic E-state index is -0.258. The molecule has 1 amide bonds. The molecule has 0 aliphatic carbocycles. The maximum Gasteiger partial charge on any atom is 0.250 e. The Hall–Kier alpha value is -3.61. The van der Waals surface area contributed by atoms with E-state index >= 15 is 0 Å². The first-order valence-electron chi connectivity index (χ1n) is 10.2. The number of rotatable bonds is 8. The van der Waals surface area contributed by atoms with Gasteiger partial charge in [0.05, 0.1) is 12.8 Å². The number of aromatic nitrogens is 1. The standard InChI is InChI=1S/C26H21ClN2O3S/c1-31-24-15-18(9-13-23(24)32-16-19-7-11-21(27)12-8-19)10-14-25(30)29-26-28-22(17-33-26)20-5-3-2-4-6-20/h2-15,17H,16H2,1H3,(H,28,29,30)/b14-10+. The first-order chi connectivity index (χ1) is 16.1. The van der Waals surface area contributed by atoms with Gasteiger partial charge in [0, 0.05) is 22.0 Å². The van der Waals surface area contributed by atoms with Gasteiger partial charge in [-0.05, 0) is 41.5 Å². The summed E-state index contributed by atoms with van der Waals surface area (Å²) in [5, 5.41) is 5.95. The number of thiazole rings is 1. The van der Waals surface area contributed by atoms with Crippen LogP contribution in [0.3, 0.4) is 0 Å². The predicted octanol–water partition coefficient (Wildman–Crippen LogP) is 6.70. The molecule has 33 heavy (non-hydrogen) atoms. The van der Waals surface area contributed by atoms with E-state index in [4.69, 9.17) is 21.1 Å². The minimum Gasteiger partial charge on any atom is -0.493 e. The van der Waals surface area contributed by atoms with Crippen molar-refractivity contribution in [2.45, 2.75) is 6.61 Å². The van der Waals surface area contributed by atoms with E-state index < -0.39 is 0 Å². The molecule has 0 aliphatic heterocycles. The fourth-order valence-electron chi connectivity index (χ4n) is 3.04. The van der Waals surface area contributed by atoms with Crippen LogP contribution in [0.25, 0.3) is 17.3 Å². The molecule has 0 saturated heterocycles. The van der Waals surface area contributed by atoms with Crippen LogP contribution in [0.1, 0.15) is 11.1 Å². The molecule has 0 atom stereocenters. The van der Waals surface area contributed by atoms with Crippen LogP contribution in [0.2, 0.25) is 5.02 Å². The van der Waals surface area contributed by atoms with Crippen molar-refractivity contribution in [3.05, 3.63) is 100 Å². The number of hydrogen-bond acceptors (Lipinski definition) is 5. The quantitative estimate of drug-likeness (QED) is 0.287. The summed E-state index contributed by atoms with van der Waals surface area (Å²) in [6, 6.07) is 22.8. The summed E-state index contributed by atoms with van der Waals surface area (Å²) in [4.78, 5) is 16.8. The summed E-state index contributed by atoms with van der Waals surface area (Å²) in [5.41, 5.74) is 3.65. The van der Waals surface area contributed by atoms with Gasteiger partial charge in [-0.1, -0.05) is 60.1 Å². The number of ether oxygens (including phenoxy) is 2. The zero-order chi connectivity index (χ0) is 23.0. The lowest BCUT2D eigenvalue weighted by Crippen LogP contribution is -2.07. The third kappa shape index (κ3) is 6.22. The van der Waals surface area contributed by atoms with E-state index in [0.29, 0.717) is 28.3 Å². The van der Waals surface area contributed by atoms with Crippen LogP contribution in [0.4, 0.5) is 5.13 Å². The number of halogens is 1. The largest absolute Gasteiger partial charge is 0.493 e. The summed E-state index contributed by atoms with van der Waals surface area (Å²) < 4.78 is 11.3. The van der Waals surface area contributed by atoms with Gasteiger partial charge in [0.25, 0.3) is 0 Å². The van der Waals surface area contributed by atoms with Gasteiger partial charge in [0.1, 0.15) is 6.61 Å². The van der Waals surface area contributed by atoms with Crippen LogP contribution >= 0.6 is 22.9 Å². The number of carbonyl (C=O) groups excluding carboxylic acids is 1. The van der Waals surface area contributed by atoms with Gasteiger partial charge in [-0.2, -0.15) is 0 Å². The van der Waals surface area contributed by atoms with Crippen LogP contribution in [0.15, 0.2) is 84.3 Å². The maximum absolute atomic E-state index is 12.3. The Morgan fingerprint density at radius 1 is 1.06 bits per heavy atom. The van der Waals surface area contributed by atoms with Crippen molar-refractivity contribution >= 4 is 40.1 Å². The molecular weight excluding hydrogens is 456 g/mol. The van der Waals surface area contributed by atoms with Crippen LogP contribution in [-0.2, 0) is 11.4 Å². The van der Waals surface area contributed by atoms with Crippen molar-refractivity contribution in [1.82, 2.24) is 4.98 Å². The molecule has 166 valence electrons. The van der Waals surface area contributed by atoms with Crippen molar-refractivity contribution in [2.24, 2.45) is 0 Å². The number of nitrogens with one attached hydrogen (secondary N) is 1. The molecule has 0 unspecified atom stereocenters. The molecule has 0 spiro atoms. The Kier molecular flexibility index (Phi) is 7.40. The summed E-state index contributed by atoms with van der Waals surface area (Å²) in [6.07, 6.45) is 3.18. The molecule has 0 radical (unpaired) electrons. The van der Waals surface area contributed by atoms with E-state index in [1.165, 1.54) is 17.4 Å². The van der Waals surface area contributed by atoms with Crippen molar-refractivity contribution in [1.29, 1.82) is 0 Å². The number of anilines is 1. The van der Waals surface area contributed by atoms with Gasteiger partial charge in [0.2, 0.25) is 5.91 Å². The smallest absolute Gasteiger partial charge is 0.250 e. The van der Waals surface area contributed by atoms with Gasteiger partial charge in [-0.15, -0.1) is 11.3 Å². The van der Waals surface area contributed by atoms with E-state index in [-0.39, 0.29) is 5.91 Å². The van der Waals surface area contributed by atoms with E-state index in [9.17, 15) is 4.79 Å². The highest BCUT2D eigenvalue weighted by molar-refractivity contribution is 7.14. The van der Waals surface area contributed by atoms with Crippen molar-refractivity contribution < 1.29 is 14.3 Å². The molecule has 0 bridgehead atoms. The number of nitrogens with zero attached hydrogens (tertiary/aromatic N) is 1. The number of benzene rings is 3. The van der Waals surface area contributed by atoms with Gasteiger partial charge < -0.3 is 9.47 Å². The number of amides is 1. The Morgan fingerprint density at radius 3 is 2.61 bits per heavy atom. The van der Waals surface area contributed by atoms with Gasteiger partial charge in [-0.3, -0.25) is 10.1 Å². The Balaban J connectivity index is 1.37. The average molecular weight is 477 g/mol. The third-order valence-corrected chi connectivity index (χ3v) is 5.74. The predicted molar refractivity (Wildman–Crippen MR) is 134 cm³/mol. The Morgan fingerprint density at radius 2 is 1.85 bits per heavy atom. The summed E-state index contributed by atoms with van der Waals surface area (Å²) in [5.74, 6) is 0.940. The number of methoxy groups -OCH3 is 1. The Labute approximate surface area is 201 Å². The zero-order valence-corrected chi connectivity index (χ0v) is 19.4. The zero-order valence-electron chi connectivity index (χ0n) is 17.8. The molecule has 1 aromatic heterocycles. The van der Waals surface area contributed by atoms with E-state index in [1.807, 2.05) is 78.2 Å². The van der Waals surface area contributed by atoms with Crippen molar-refractivity contribution in [3.8, 4) is 22.8 Å². The highest BCUT2D eigenvalue weighted by atomic mass is 35.5. The average Bonchev–Trinajstić information content (AvgIpc) is 3.31. The number of carbonyl (C=O) groups is 1. The molecular formula is C26H21ClN2O3S. The van der Waals surface area contributed by atoms with Crippen LogP contribution in [0, 0.1) is 0 Å². The molecule has 1 N–H and O–H groups in total. The highest BCUT2D eigenvalue weighted by Crippen LogP contribution is 2.29. The first kappa shape index (κ1) is 22.6. The summed E-state index contributed by atoms with van der Waals surface area (Å²) >= 11 is 7.30.